The SMILES string of the molecule is Cc1ccc(OCc2ccc(B(O)O)cc2)c(F)c1. The van der Waals surface area contributed by atoms with Gasteiger partial charge in [-0.1, -0.05) is 30.3 Å². The van der Waals surface area contributed by atoms with E-state index in [4.69, 9.17) is 14.8 Å². The molecule has 2 aromatic rings. The fourth-order valence-corrected chi connectivity index (χ4v) is 1.67. The van der Waals surface area contributed by atoms with Gasteiger partial charge >= 0.3 is 7.12 Å². The number of hydrogen-bond acceptors (Lipinski definition) is 3. The maximum Gasteiger partial charge on any atom is 0.488 e. The number of benzene rings is 2. The number of halogens is 1. The third kappa shape index (κ3) is 3.56. The zero-order chi connectivity index (χ0) is 13.8. The zero-order valence-corrected chi connectivity index (χ0v) is 10.5. The van der Waals surface area contributed by atoms with Gasteiger partial charge in [0.15, 0.2) is 11.6 Å². The lowest BCUT2D eigenvalue weighted by molar-refractivity contribution is 0.290. The summed E-state index contributed by atoms with van der Waals surface area (Å²) in [4.78, 5) is 0. The van der Waals surface area contributed by atoms with Crippen molar-refractivity contribution in [1.82, 2.24) is 0 Å². The number of rotatable bonds is 4. The predicted octanol–water partition coefficient (Wildman–Crippen LogP) is 1.39. The van der Waals surface area contributed by atoms with Crippen LogP contribution >= 0.6 is 0 Å². The average molecular weight is 260 g/mol. The van der Waals surface area contributed by atoms with Gasteiger partial charge in [-0.05, 0) is 35.6 Å². The van der Waals surface area contributed by atoms with E-state index < -0.39 is 7.12 Å². The maximum absolute atomic E-state index is 13.5. The van der Waals surface area contributed by atoms with E-state index in [2.05, 4.69) is 0 Å². The van der Waals surface area contributed by atoms with Crippen LogP contribution in [0.4, 0.5) is 4.39 Å². The molecule has 0 aliphatic rings. The van der Waals surface area contributed by atoms with Crippen LogP contribution in [0, 0.1) is 12.7 Å². The average Bonchev–Trinajstić information content (AvgIpc) is 2.38. The van der Waals surface area contributed by atoms with Gasteiger partial charge < -0.3 is 14.8 Å². The fourth-order valence-electron chi connectivity index (χ4n) is 1.67. The van der Waals surface area contributed by atoms with E-state index in [0.717, 1.165) is 11.1 Å². The third-order valence-electron chi connectivity index (χ3n) is 2.76. The first-order chi connectivity index (χ1) is 9.06. The van der Waals surface area contributed by atoms with Crippen LogP contribution in [0.2, 0.25) is 0 Å². The molecular weight excluding hydrogens is 246 g/mol. The first-order valence-electron chi connectivity index (χ1n) is 5.90. The Morgan fingerprint density at radius 3 is 2.37 bits per heavy atom. The summed E-state index contributed by atoms with van der Waals surface area (Å²) < 4.78 is 18.9. The van der Waals surface area contributed by atoms with Crippen molar-refractivity contribution < 1.29 is 19.2 Å². The highest BCUT2D eigenvalue weighted by atomic mass is 19.1. The van der Waals surface area contributed by atoms with E-state index in [-0.39, 0.29) is 18.2 Å². The predicted molar refractivity (Wildman–Crippen MR) is 71.7 cm³/mol. The second-order valence-corrected chi connectivity index (χ2v) is 4.34. The van der Waals surface area contributed by atoms with Crippen LogP contribution in [0.15, 0.2) is 42.5 Å². The molecule has 5 heteroatoms. The number of ether oxygens (including phenoxy) is 1. The van der Waals surface area contributed by atoms with Crippen LogP contribution < -0.4 is 10.2 Å². The van der Waals surface area contributed by atoms with Crippen molar-refractivity contribution in [2.45, 2.75) is 13.5 Å². The summed E-state index contributed by atoms with van der Waals surface area (Å²) in [5.74, 6) is -0.181. The molecule has 2 N–H and O–H groups in total. The summed E-state index contributed by atoms with van der Waals surface area (Å²) >= 11 is 0. The van der Waals surface area contributed by atoms with Crippen LogP contribution in [-0.4, -0.2) is 17.2 Å². The molecule has 2 rings (SSSR count). The molecule has 0 radical (unpaired) electrons. The second kappa shape index (κ2) is 5.86. The molecule has 3 nitrogen and oxygen atoms in total. The van der Waals surface area contributed by atoms with Gasteiger partial charge in [0.1, 0.15) is 6.61 Å². The first-order valence-corrected chi connectivity index (χ1v) is 5.90. The van der Waals surface area contributed by atoms with Crippen molar-refractivity contribution in [1.29, 1.82) is 0 Å². The minimum Gasteiger partial charge on any atom is -0.486 e. The Hall–Kier alpha value is -1.85. The van der Waals surface area contributed by atoms with Gasteiger partial charge in [-0.2, -0.15) is 0 Å². The minimum atomic E-state index is -1.48. The molecule has 0 bridgehead atoms. The van der Waals surface area contributed by atoms with Gasteiger partial charge in [-0.25, -0.2) is 4.39 Å². The molecule has 0 aliphatic carbocycles. The molecule has 0 spiro atoms. The van der Waals surface area contributed by atoms with Crippen LogP contribution in [0.3, 0.4) is 0 Å². The molecular formula is C14H14BFO3. The maximum atomic E-state index is 13.5. The molecule has 0 saturated heterocycles. The van der Waals surface area contributed by atoms with Gasteiger partial charge in [0, 0.05) is 0 Å². The zero-order valence-electron chi connectivity index (χ0n) is 10.5. The Morgan fingerprint density at radius 2 is 1.79 bits per heavy atom. The highest BCUT2D eigenvalue weighted by molar-refractivity contribution is 6.58. The fraction of sp³-hybridized carbons (Fsp3) is 0.143. The molecule has 0 aliphatic heterocycles. The summed E-state index contributed by atoms with van der Waals surface area (Å²) in [7, 11) is -1.48. The van der Waals surface area contributed by atoms with Crippen molar-refractivity contribution in [3.63, 3.8) is 0 Å². The summed E-state index contributed by atoms with van der Waals surface area (Å²) in [6, 6.07) is 11.4. The largest absolute Gasteiger partial charge is 0.488 e. The van der Waals surface area contributed by atoms with E-state index in [1.807, 2.05) is 6.92 Å². The van der Waals surface area contributed by atoms with Crippen LogP contribution in [0.5, 0.6) is 5.75 Å². The highest BCUT2D eigenvalue weighted by Gasteiger charge is 2.10. The van der Waals surface area contributed by atoms with Gasteiger partial charge in [-0.3, -0.25) is 0 Å². The van der Waals surface area contributed by atoms with Crippen molar-refractivity contribution in [2.24, 2.45) is 0 Å². The van der Waals surface area contributed by atoms with Crippen molar-refractivity contribution in [3.8, 4) is 5.75 Å². The van der Waals surface area contributed by atoms with E-state index in [1.165, 1.54) is 6.07 Å². The molecule has 0 amide bonds. The summed E-state index contributed by atoms with van der Waals surface area (Å²) in [5.41, 5.74) is 2.07. The lowest BCUT2D eigenvalue weighted by Gasteiger charge is -2.08. The van der Waals surface area contributed by atoms with E-state index >= 15 is 0 Å². The second-order valence-electron chi connectivity index (χ2n) is 4.34. The van der Waals surface area contributed by atoms with E-state index in [1.54, 1.807) is 36.4 Å². The van der Waals surface area contributed by atoms with Gasteiger partial charge in [-0.15, -0.1) is 0 Å². The smallest absolute Gasteiger partial charge is 0.486 e. The van der Waals surface area contributed by atoms with Gasteiger partial charge in [0.05, 0.1) is 0 Å². The summed E-state index contributed by atoms with van der Waals surface area (Å²) in [5, 5.41) is 17.9. The van der Waals surface area contributed by atoms with E-state index in [0.29, 0.717) is 5.46 Å². The Kier molecular flexibility index (Phi) is 4.19. The molecule has 98 valence electrons. The van der Waals surface area contributed by atoms with Crippen molar-refractivity contribution >= 4 is 12.6 Å². The number of aryl methyl sites for hydroxylation is 1. The summed E-state index contributed by atoms with van der Waals surface area (Å²) in [6.07, 6.45) is 0. The van der Waals surface area contributed by atoms with Gasteiger partial charge in [0.2, 0.25) is 0 Å². The topological polar surface area (TPSA) is 49.7 Å². The summed E-state index contributed by atoms with van der Waals surface area (Å²) in [6.45, 7) is 2.04. The highest BCUT2D eigenvalue weighted by Crippen LogP contribution is 2.19. The van der Waals surface area contributed by atoms with Crippen LogP contribution in [0.25, 0.3) is 0 Å². The minimum absolute atomic E-state index is 0.205. The van der Waals surface area contributed by atoms with E-state index in [9.17, 15) is 4.39 Å². The lowest BCUT2D eigenvalue weighted by atomic mass is 9.80. The number of hydrogen-bond donors (Lipinski definition) is 2. The van der Waals surface area contributed by atoms with Crippen LogP contribution in [0.1, 0.15) is 11.1 Å². The molecule has 2 aromatic carbocycles. The molecule has 19 heavy (non-hydrogen) atoms. The molecule has 0 saturated carbocycles. The van der Waals surface area contributed by atoms with Crippen molar-refractivity contribution in [2.75, 3.05) is 0 Å². The standard InChI is InChI=1S/C14H14BFO3/c1-10-2-7-14(13(16)8-10)19-9-11-3-5-12(6-4-11)15(17)18/h2-8,17-18H,9H2,1H3. The first kappa shape index (κ1) is 13.6. The molecule has 0 heterocycles. The van der Waals surface area contributed by atoms with Crippen molar-refractivity contribution in [3.05, 3.63) is 59.4 Å². The normalized spacial score (nSPS) is 10.3. The third-order valence-corrected chi connectivity index (χ3v) is 2.76. The van der Waals surface area contributed by atoms with Crippen LogP contribution in [-0.2, 0) is 6.61 Å². The molecule has 0 fully saturated rings. The lowest BCUT2D eigenvalue weighted by Crippen LogP contribution is -2.29. The Bertz CT molecular complexity index is 555. The molecule has 0 aromatic heterocycles. The quantitative estimate of drug-likeness (QED) is 0.817. The van der Waals surface area contributed by atoms with Gasteiger partial charge in [0.25, 0.3) is 0 Å². The Labute approximate surface area is 111 Å². The Balaban J connectivity index is 2.02. The monoisotopic (exact) mass is 260 g/mol. The molecule has 0 atom stereocenters. The molecule has 0 unspecified atom stereocenters. The Morgan fingerprint density at radius 1 is 1.11 bits per heavy atom.